The van der Waals surface area contributed by atoms with Crippen molar-refractivity contribution in [1.82, 2.24) is 0 Å². The molecule has 0 atom stereocenters. The topological polar surface area (TPSA) is 76.2 Å². The Morgan fingerprint density at radius 3 is 2.69 bits per heavy atom. The number of nitriles is 1. The van der Waals surface area contributed by atoms with E-state index in [1.54, 1.807) is 6.07 Å². The van der Waals surface area contributed by atoms with Crippen LogP contribution >= 0.6 is 0 Å². The number of hydrogen-bond acceptors (Lipinski definition) is 4. The zero-order chi connectivity index (χ0) is 11.8. The van der Waals surface area contributed by atoms with Crippen molar-refractivity contribution in [2.24, 2.45) is 0 Å². The number of methoxy groups -OCH3 is 1. The molecule has 16 heavy (non-hydrogen) atoms. The Bertz CT molecular complexity index is 486. The summed E-state index contributed by atoms with van der Waals surface area (Å²) >= 11 is 0. The van der Waals surface area contributed by atoms with Crippen LogP contribution in [0.3, 0.4) is 0 Å². The van der Waals surface area contributed by atoms with Crippen LogP contribution in [0.2, 0.25) is 0 Å². The van der Waals surface area contributed by atoms with Gasteiger partial charge >= 0.3 is 0 Å². The van der Waals surface area contributed by atoms with Crippen LogP contribution in [-0.2, 0) is 5.41 Å². The summed E-state index contributed by atoms with van der Waals surface area (Å²) < 4.78 is 5.11. The van der Waals surface area contributed by atoms with Crippen molar-refractivity contribution in [3.05, 3.63) is 33.9 Å². The number of hydrogen-bond donors (Lipinski definition) is 0. The summed E-state index contributed by atoms with van der Waals surface area (Å²) in [5, 5.41) is 19.7. The minimum atomic E-state index is -0.486. The predicted molar refractivity (Wildman–Crippen MR) is 56.2 cm³/mol. The zero-order valence-electron chi connectivity index (χ0n) is 8.77. The highest BCUT2D eigenvalue weighted by Crippen LogP contribution is 2.51. The number of nitro benzene ring substituents is 1. The van der Waals surface area contributed by atoms with Crippen molar-refractivity contribution < 1.29 is 9.66 Å². The first-order valence-electron chi connectivity index (χ1n) is 4.87. The molecule has 1 aromatic rings. The fraction of sp³-hybridized carbons (Fsp3) is 0.364. The summed E-state index contributed by atoms with van der Waals surface area (Å²) in [4.78, 5) is 10.1. The average Bonchev–Trinajstić information content (AvgIpc) is 3.09. The highest BCUT2D eigenvalue weighted by atomic mass is 16.6. The molecule has 0 spiro atoms. The molecule has 0 N–H and O–H groups in total. The second-order valence-electron chi connectivity index (χ2n) is 3.84. The number of ether oxygens (including phenoxy) is 1. The van der Waals surface area contributed by atoms with Crippen LogP contribution in [0.15, 0.2) is 18.2 Å². The molecular weight excluding hydrogens is 208 g/mol. The van der Waals surface area contributed by atoms with Crippen LogP contribution in [0.1, 0.15) is 18.4 Å². The highest BCUT2D eigenvalue weighted by Gasteiger charge is 2.47. The number of nitro groups is 1. The summed E-state index contributed by atoms with van der Waals surface area (Å²) in [6, 6.07) is 6.64. The van der Waals surface area contributed by atoms with Gasteiger partial charge in [0.1, 0.15) is 5.75 Å². The highest BCUT2D eigenvalue weighted by molar-refractivity contribution is 5.52. The second-order valence-corrected chi connectivity index (χ2v) is 3.84. The fourth-order valence-corrected chi connectivity index (χ4v) is 1.76. The summed E-state index contributed by atoms with van der Waals surface area (Å²) in [7, 11) is 1.45. The van der Waals surface area contributed by atoms with Gasteiger partial charge < -0.3 is 4.74 Å². The summed E-state index contributed by atoms with van der Waals surface area (Å²) in [5.41, 5.74) is 0.248. The standard InChI is InChI=1S/C11H10N2O3/c1-16-10-6-8(13(14)15)2-3-9(10)11(7-12)4-5-11/h2-3,6H,4-5H2,1H3. The third-order valence-corrected chi connectivity index (χ3v) is 2.88. The van der Waals surface area contributed by atoms with E-state index in [0.717, 1.165) is 18.4 Å². The maximum atomic E-state index is 10.6. The van der Waals surface area contributed by atoms with Crippen molar-refractivity contribution in [2.75, 3.05) is 7.11 Å². The molecule has 5 nitrogen and oxygen atoms in total. The molecule has 5 heteroatoms. The van der Waals surface area contributed by atoms with Crippen molar-refractivity contribution in [1.29, 1.82) is 5.26 Å². The molecule has 0 heterocycles. The molecule has 1 fully saturated rings. The van der Waals surface area contributed by atoms with Gasteiger partial charge in [-0.3, -0.25) is 10.1 Å². The van der Waals surface area contributed by atoms with Crippen LogP contribution in [0.5, 0.6) is 5.75 Å². The molecule has 0 aliphatic heterocycles. The van der Waals surface area contributed by atoms with Gasteiger partial charge in [0.05, 0.1) is 29.6 Å². The maximum absolute atomic E-state index is 10.6. The van der Waals surface area contributed by atoms with E-state index in [2.05, 4.69) is 6.07 Å². The first-order chi connectivity index (χ1) is 7.63. The van der Waals surface area contributed by atoms with E-state index in [1.807, 2.05) is 0 Å². The number of benzene rings is 1. The Kier molecular flexibility index (Phi) is 2.27. The first-order valence-corrected chi connectivity index (χ1v) is 4.87. The second kappa shape index (κ2) is 3.49. The number of rotatable bonds is 3. The molecule has 2 rings (SSSR count). The van der Waals surface area contributed by atoms with Crippen molar-refractivity contribution in [3.8, 4) is 11.8 Å². The van der Waals surface area contributed by atoms with E-state index in [1.165, 1.54) is 19.2 Å². The van der Waals surface area contributed by atoms with Crippen molar-refractivity contribution >= 4 is 5.69 Å². The normalized spacial score (nSPS) is 16.2. The van der Waals surface area contributed by atoms with Gasteiger partial charge in [-0.2, -0.15) is 5.26 Å². The maximum Gasteiger partial charge on any atom is 0.273 e. The minimum Gasteiger partial charge on any atom is -0.496 e. The van der Waals surface area contributed by atoms with Gasteiger partial charge in [-0.05, 0) is 18.9 Å². The van der Waals surface area contributed by atoms with E-state index < -0.39 is 10.3 Å². The Labute approximate surface area is 92.4 Å². The van der Waals surface area contributed by atoms with Gasteiger partial charge in [0.2, 0.25) is 0 Å². The lowest BCUT2D eigenvalue weighted by molar-refractivity contribution is -0.384. The lowest BCUT2D eigenvalue weighted by Gasteiger charge is -2.11. The number of nitrogens with zero attached hydrogens (tertiary/aromatic N) is 2. The van der Waals surface area contributed by atoms with E-state index in [0.29, 0.717) is 5.75 Å². The Morgan fingerprint density at radius 2 is 2.25 bits per heavy atom. The van der Waals surface area contributed by atoms with Crippen LogP contribution < -0.4 is 4.74 Å². The summed E-state index contributed by atoms with van der Waals surface area (Å²) in [6.45, 7) is 0. The van der Waals surface area contributed by atoms with E-state index in [4.69, 9.17) is 10.00 Å². The van der Waals surface area contributed by atoms with Gasteiger partial charge in [0.25, 0.3) is 5.69 Å². The average molecular weight is 218 g/mol. The zero-order valence-corrected chi connectivity index (χ0v) is 8.77. The van der Waals surface area contributed by atoms with Crippen LogP contribution in [0.4, 0.5) is 5.69 Å². The lowest BCUT2D eigenvalue weighted by Crippen LogP contribution is -2.05. The third-order valence-electron chi connectivity index (χ3n) is 2.88. The van der Waals surface area contributed by atoms with Crippen LogP contribution in [0, 0.1) is 21.4 Å². The van der Waals surface area contributed by atoms with Gasteiger partial charge in [-0.1, -0.05) is 0 Å². The molecule has 0 saturated heterocycles. The third kappa shape index (κ3) is 1.48. The fourth-order valence-electron chi connectivity index (χ4n) is 1.76. The Hall–Kier alpha value is -2.09. The Morgan fingerprint density at radius 1 is 1.56 bits per heavy atom. The molecule has 0 amide bonds. The smallest absolute Gasteiger partial charge is 0.273 e. The molecule has 0 bridgehead atoms. The number of non-ortho nitro benzene ring substituents is 1. The van der Waals surface area contributed by atoms with Gasteiger partial charge in [0.15, 0.2) is 0 Å². The molecular formula is C11H10N2O3. The molecule has 0 aromatic heterocycles. The molecule has 1 aliphatic carbocycles. The van der Waals surface area contributed by atoms with Gasteiger partial charge in [-0.25, -0.2) is 0 Å². The summed E-state index contributed by atoms with van der Waals surface area (Å²) in [5.74, 6) is 0.424. The lowest BCUT2D eigenvalue weighted by atomic mass is 9.96. The SMILES string of the molecule is COc1cc([N+](=O)[O-])ccc1C1(C#N)CC1. The predicted octanol–water partition coefficient (Wildman–Crippen LogP) is 2.16. The first kappa shape index (κ1) is 10.4. The van der Waals surface area contributed by atoms with Crippen molar-refractivity contribution in [2.45, 2.75) is 18.3 Å². The quantitative estimate of drug-likeness (QED) is 0.575. The Balaban J connectivity index is 2.48. The molecule has 1 aliphatic rings. The van der Waals surface area contributed by atoms with Gasteiger partial charge in [-0.15, -0.1) is 0 Å². The van der Waals surface area contributed by atoms with E-state index in [9.17, 15) is 10.1 Å². The van der Waals surface area contributed by atoms with E-state index >= 15 is 0 Å². The molecule has 0 unspecified atom stereocenters. The van der Waals surface area contributed by atoms with Crippen LogP contribution in [0.25, 0.3) is 0 Å². The molecule has 1 aromatic carbocycles. The molecule has 1 saturated carbocycles. The summed E-state index contributed by atoms with van der Waals surface area (Å²) in [6.07, 6.45) is 1.58. The van der Waals surface area contributed by atoms with Crippen molar-refractivity contribution in [3.63, 3.8) is 0 Å². The van der Waals surface area contributed by atoms with Crippen LogP contribution in [-0.4, -0.2) is 12.0 Å². The molecule has 0 radical (unpaired) electrons. The van der Waals surface area contributed by atoms with E-state index in [-0.39, 0.29) is 5.69 Å². The molecule has 82 valence electrons. The van der Waals surface area contributed by atoms with Gasteiger partial charge in [0, 0.05) is 11.6 Å². The minimum absolute atomic E-state index is 0.0191. The largest absolute Gasteiger partial charge is 0.496 e. The monoisotopic (exact) mass is 218 g/mol.